The van der Waals surface area contributed by atoms with Crippen LogP contribution in [0.15, 0.2) is 30.5 Å². The minimum Gasteiger partial charge on any atom is -0.491 e. The van der Waals surface area contributed by atoms with Crippen LogP contribution in [0.1, 0.15) is 25.7 Å². The molecule has 1 saturated carbocycles. The summed E-state index contributed by atoms with van der Waals surface area (Å²) in [7, 11) is 1.65. The molecular formula is C18H22N6O2. The van der Waals surface area contributed by atoms with Gasteiger partial charge in [-0.05, 0) is 37.1 Å². The minimum absolute atomic E-state index is 0.459. The number of fused-ring (bicyclic) bond motifs is 1. The Morgan fingerprint density at radius 1 is 1.15 bits per heavy atom. The highest BCUT2D eigenvalue weighted by atomic mass is 16.5. The lowest BCUT2D eigenvalue weighted by molar-refractivity contribution is 0.146. The van der Waals surface area contributed by atoms with E-state index >= 15 is 0 Å². The van der Waals surface area contributed by atoms with Gasteiger partial charge in [0.25, 0.3) is 0 Å². The van der Waals surface area contributed by atoms with Gasteiger partial charge in [-0.1, -0.05) is 18.1 Å². The van der Waals surface area contributed by atoms with Crippen molar-refractivity contribution in [1.82, 2.24) is 25.0 Å². The number of aromatic nitrogens is 5. The third kappa shape index (κ3) is 3.60. The van der Waals surface area contributed by atoms with Crippen LogP contribution in [0.4, 0.5) is 5.95 Å². The van der Waals surface area contributed by atoms with Gasteiger partial charge in [-0.25, -0.2) is 4.98 Å². The number of benzene rings is 1. The summed E-state index contributed by atoms with van der Waals surface area (Å²) in [5.41, 5.74) is 2.23. The molecule has 0 amide bonds. The molecule has 1 aromatic carbocycles. The molecule has 0 aliphatic heterocycles. The molecule has 0 spiro atoms. The first kappa shape index (κ1) is 16.7. The van der Waals surface area contributed by atoms with E-state index in [-0.39, 0.29) is 0 Å². The van der Waals surface area contributed by atoms with Gasteiger partial charge in [-0.2, -0.15) is 9.67 Å². The first-order valence-electron chi connectivity index (χ1n) is 8.90. The van der Waals surface area contributed by atoms with Crippen LogP contribution in [0.25, 0.3) is 16.9 Å². The number of ether oxygens (including phenoxy) is 2. The van der Waals surface area contributed by atoms with E-state index in [1.54, 1.807) is 18.0 Å². The summed E-state index contributed by atoms with van der Waals surface area (Å²) in [5.74, 6) is 1.42. The standard InChI is InChI=1S/C18H22N6O2/c1-25-10-11-26-15-8-6-14(7-9-15)24-17-16(22-23-24)12-19-18(21-17)20-13-4-2-3-5-13/h6-9,12-13H,2-5,10-11H2,1H3,(H,19,20,21). The molecule has 1 fully saturated rings. The predicted octanol–water partition coefficient (Wildman–Crippen LogP) is 2.59. The maximum absolute atomic E-state index is 5.59. The Kier molecular flexibility index (Phi) is 4.92. The lowest BCUT2D eigenvalue weighted by Crippen LogP contribution is -2.16. The molecule has 3 aromatic rings. The van der Waals surface area contributed by atoms with E-state index in [0.29, 0.717) is 36.4 Å². The SMILES string of the molecule is COCCOc1ccc(-n2nnc3cnc(NC4CCCC4)nc32)cc1. The molecule has 136 valence electrons. The average Bonchev–Trinajstić information content (AvgIpc) is 3.32. The van der Waals surface area contributed by atoms with Gasteiger partial charge in [0.1, 0.15) is 12.4 Å². The van der Waals surface area contributed by atoms with E-state index < -0.39 is 0 Å². The molecule has 0 unspecified atom stereocenters. The zero-order chi connectivity index (χ0) is 17.8. The fourth-order valence-corrected chi connectivity index (χ4v) is 3.15. The number of nitrogens with zero attached hydrogens (tertiary/aromatic N) is 5. The molecule has 2 heterocycles. The van der Waals surface area contributed by atoms with E-state index in [4.69, 9.17) is 9.47 Å². The lowest BCUT2D eigenvalue weighted by Gasteiger charge is -2.11. The molecule has 26 heavy (non-hydrogen) atoms. The first-order chi connectivity index (χ1) is 12.8. The molecule has 1 aliphatic carbocycles. The van der Waals surface area contributed by atoms with E-state index in [0.717, 1.165) is 11.4 Å². The molecule has 4 rings (SSSR count). The van der Waals surface area contributed by atoms with Crippen molar-refractivity contribution in [1.29, 1.82) is 0 Å². The topological polar surface area (TPSA) is 87.0 Å². The van der Waals surface area contributed by atoms with Gasteiger partial charge < -0.3 is 14.8 Å². The lowest BCUT2D eigenvalue weighted by atomic mass is 10.2. The van der Waals surface area contributed by atoms with Gasteiger partial charge in [0.15, 0.2) is 11.2 Å². The van der Waals surface area contributed by atoms with Crippen LogP contribution in [0.5, 0.6) is 5.75 Å². The highest BCUT2D eigenvalue weighted by Crippen LogP contribution is 2.22. The third-order valence-electron chi connectivity index (χ3n) is 4.52. The Labute approximate surface area is 151 Å². The first-order valence-corrected chi connectivity index (χ1v) is 8.90. The van der Waals surface area contributed by atoms with Crippen molar-refractivity contribution in [2.45, 2.75) is 31.7 Å². The Balaban J connectivity index is 1.55. The van der Waals surface area contributed by atoms with E-state index in [9.17, 15) is 0 Å². The zero-order valence-electron chi connectivity index (χ0n) is 14.8. The van der Waals surface area contributed by atoms with Crippen LogP contribution >= 0.6 is 0 Å². The van der Waals surface area contributed by atoms with Crippen LogP contribution in [0, 0.1) is 0 Å². The predicted molar refractivity (Wildman–Crippen MR) is 97.7 cm³/mol. The van der Waals surface area contributed by atoms with E-state index in [2.05, 4.69) is 25.6 Å². The number of anilines is 1. The summed E-state index contributed by atoms with van der Waals surface area (Å²) >= 11 is 0. The molecular weight excluding hydrogens is 332 g/mol. The summed E-state index contributed by atoms with van der Waals surface area (Å²) in [6.45, 7) is 1.08. The van der Waals surface area contributed by atoms with E-state index in [1.165, 1.54) is 25.7 Å². The second-order valence-electron chi connectivity index (χ2n) is 6.36. The molecule has 0 bridgehead atoms. The summed E-state index contributed by atoms with van der Waals surface area (Å²) < 4.78 is 12.3. The quantitative estimate of drug-likeness (QED) is 0.653. The fraction of sp³-hybridized carbons (Fsp3) is 0.444. The van der Waals surface area contributed by atoms with Gasteiger partial charge >= 0.3 is 0 Å². The highest BCUT2D eigenvalue weighted by molar-refractivity contribution is 5.72. The number of methoxy groups -OCH3 is 1. The smallest absolute Gasteiger partial charge is 0.225 e. The van der Waals surface area contributed by atoms with Crippen molar-refractivity contribution >= 4 is 17.1 Å². The van der Waals surface area contributed by atoms with Crippen LogP contribution in [0.2, 0.25) is 0 Å². The molecule has 0 radical (unpaired) electrons. The third-order valence-corrected chi connectivity index (χ3v) is 4.52. The molecule has 8 heteroatoms. The average molecular weight is 354 g/mol. The summed E-state index contributed by atoms with van der Waals surface area (Å²) in [6, 6.07) is 8.12. The van der Waals surface area contributed by atoms with Crippen LogP contribution < -0.4 is 10.1 Å². The van der Waals surface area contributed by atoms with Gasteiger partial charge in [0.2, 0.25) is 5.95 Å². The molecule has 0 saturated heterocycles. The van der Waals surface area contributed by atoms with E-state index in [1.807, 2.05) is 24.3 Å². The maximum atomic E-state index is 5.59. The molecule has 2 aromatic heterocycles. The van der Waals surface area contributed by atoms with Crippen molar-refractivity contribution in [3.8, 4) is 11.4 Å². The van der Waals surface area contributed by atoms with Crippen LogP contribution in [-0.4, -0.2) is 51.3 Å². The van der Waals surface area contributed by atoms with Gasteiger partial charge in [-0.15, -0.1) is 5.10 Å². The number of rotatable bonds is 7. The Hall–Kier alpha value is -2.74. The number of hydrogen-bond donors (Lipinski definition) is 1. The van der Waals surface area contributed by atoms with Crippen molar-refractivity contribution in [3.63, 3.8) is 0 Å². The Bertz CT molecular complexity index is 858. The summed E-state index contributed by atoms with van der Waals surface area (Å²) in [6.07, 6.45) is 6.58. The van der Waals surface area contributed by atoms with Crippen molar-refractivity contribution in [2.75, 3.05) is 25.6 Å². The second kappa shape index (κ2) is 7.65. The zero-order valence-corrected chi connectivity index (χ0v) is 14.8. The normalized spacial score (nSPS) is 14.8. The van der Waals surface area contributed by atoms with Crippen LogP contribution in [-0.2, 0) is 4.74 Å². The maximum Gasteiger partial charge on any atom is 0.225 e. The van der Waals surface area contributed by atoms with Crippen molar-refractivity contribution in [2.24, 2.45) is 0 Å². The highest BCUT2D eigenvalue weighted by Gasteiger charge is 2.17. The number of nitrogens with one attached hydrogen (secondary N) is 1. The second-order valence-corrected chi connectivity index (χ2v) is 6.36. The largest absolute Gasteiger partial charge is 0.491 e. The molecule has 8 nitrogen and oxygen atoms in total. The number of hydrogen-bond acceptors (Lipinski definition) is 7. The fourth-order valence-electron chi connectivity index (χ4n) is 3.15. The monoisotopic (exact) mass is 354 g/mol. The van der Waals surface area contributed by atoms with Crippen molar-refractivity contribution in [3.05, 3.63) is 30.5 Å². The minimum atomic E-state index is 0.459. The molecule has 1 N–H and O–H groups in total. The van der Waals surface area contributed by atoms with Crippen LogP contribution in [0.3, 0.4) is 0 Å². The summed E-state index contributed by atoms with van der Waals surface area (Å²) in [4.78, 5) is 8.99. The molecule has 0 atom stereocenters. The van der Waals surface area contributed by atoms with Gasteiger partial charge in [-0.3, -0.25) is 0 Å². The van der Waals surface area contributed by atoms with Gasteiger partial charge in [0, 0.05) is 13.2 Å². The van der Waals surface area contributed by atoms with Crippen molar-refractivity contribution < 1.29 is 9.47 Å². The Morgan fingerprint density at radius 2 is 1.96 bits per heavy atom. The summed E-state index contributed by atoms with van der Waals surface area (Å²) in [5, 5.41) is 11.8. The Morgan fingerprint density at radius 3 is 2.73 bits per heavy atom. The molecule has 1 aliphatic rings. The van der Waals surface area contributed by atoms with Gasteiger partial charge in [0.05, 0.1) is 18.5 Å².